The van der Waals surface area contributed by atoms with Crippen LogP contribution in [0.4, 0.5) is 5.69 Å². The number of nitrogens with one attached hydrogen (secondary N) is 1. The number of benzene rings is 2. The Labute approximate surface area is 145 Å². The van der Waals surface area contributed by atoms with Gasteiger partial charge in [-0.3, -0.25) is 4.79 Å². The summed E-state index contributed by atoms with van der Waals surface area (Å²) >= 11 is 1.48. The number of rotatable bonds is 5. The lowest BCUT2D eigenvalue weighted by atomic mass is 10.1. The lowest BCUT2D eigenvalue weighted by molar-refractivity contribution is -0.115. The number of para-hydroxylation sites is 1. The fourth-order valence-corrected chi connectivity index (χ4v) is 3.23. The Balaban J connectivity index is 1.71. The summed E-state index contributed by atoms with van der Waals surface area (Å²) in [6, 6.07) is 15.5. The van der Waals surface area contributed by atoms with Crippen molar-refractivity contribution in [2.24, 2.45) is 0 Å². The highest BCUT2D eigenvalue weighted by molar-refractivity contribution is 7.10. The number of aryl methyl sites for hydroxylation is 1. The van der Waals surface area contributed by atoms with Crippen LogP contribution < -0.4 is 10.1 Å². The molecule has 0 aliphatic rings. The number of methoxy groups -OCH3 is 1. The van der Waals surface area contributed by atoms with Gasteiger partial charge in [-0.1, -0.05) is 24.3 Å². The molecule has 4 nitrogen and oxygen atoms in total. The average Bonchev–Trinajstić information content (AvgIpc) is 3.03. The van der Waals surface area contributed by atoms with Crippen LogP contribution in [0, 0.1) is 6.92 Å². The average molecular weight is 338 g/mol. The lowest BCUT2D eigenvalue weighted by Gasteiger charge is -2.05. The van der Waals surface area contributed by atoms with Gasteiger partial charge < -0.3 is 10.1 Å². The quantitative estimate of drug-likeness (QED) is 0.754. The Morgan fingerprint density at radius 3 is 2.83 bits per heavy atom. The van der Waals surface area contributed by atoms with E-state index in [1.165, 1.54) is 11.3 Å². The van der Waals surface area contributed by atoms with Crippen molar-refractivity contribution in [3.05, 3.63) is 64.5 Å². The Hall–Kier alpha value is -2.66. The molecule has 1 amide bonds. The van der Waals surface area contributed by atoms with E-state index in [1.54, 1.807) is 7.11 Å². The fourth-order valence-electron chi connectivity index (χ4n) is 2.44. The first kappa shape index (κ1) is 16.2. The normalized spacial score (nSPS) is 10.4. The molecule has 0 spiro atoms. The van der Waals surface area contributed by atoms with Gasteiger partial charge in [0.2, 0.25) is 5.91 Å². The molecule has 24 heavy (non-hydrogen) atoms. The van der Waals surface area contributed by atoms with Crippen LogP contribution in [0.25, 0.3) is 11.3 Å². The molecular formula is C19H18N2O2S. The Bertz CT molecular complexity index is 858. The first-order valence-corrected chi connectivity index (χ1v) is 8.48. The minimum absolute atomic E-state index is 0.0680. The molecule has 0 aliphatic heterocycles. The van der Waals surface area contributed by atoms with E-state index in [0.29, 0.717) is 0 Å². The molecule has 122 valence electrons. The zero-order valence-electron chi connectivity index (χ0n) is 13.6. The maximum atomic E-state index is 12.2. The number of carbonyl (C=O) groups is 1. The monoisotopic (exact) mass is 338 g/mol. The van der Waals surface area contributed by atoms with Crippen molar-refractivity contribution in [1.82, 2.24) is 4.98 Å². The van der Waals surface area contributed by atoms with Crippen molar-refractivity contribution in [3.63, 3.8) is 0 Å². The van der Waals surface area contributed by atoms with E-state index in [4.69, 9.17) is 4.74 Å². The summed E-state index contributed by atoms with van der Waals surface area (Å²) in [5.74, 6) is 0.708. The molecule has 0 aliphatic carbocycles. The Morgan fingerprint density at radius 2 is 2.04 bits per heavy atom. The molecule has 0 saturated carbocycles. The molecule has 0 fully saturated rings. The van der Waals surface area contributed by atoms with Crippen LogP contribution in [-0.4, -0.2) is 18.0 Å². The topological polar surface area (TPSA) is 51.2 Å². The number of carbonyl (C=O) groups excluding carboxylic acids is 1. The summed E-state index contributed by atoms with van der Waals surface area (Å²) in [6.45, 7) is 2.00. The number of amides is 1. The van der Waals surface area contributed by atoms with E-state index < -0.39 is 0 Å². The van der Waals surface area contributed by atoms with Crippen LogP contribution in [0.5, 0.6) is 5.75 Å². The van der Waals surface area contributed by atoms with Gasteiger partial charge in [0.25, 0.3) is 0 Å². The van der Waals surface area contributed by atoms with E-state index in [1.807, 2.05) is 60.8 Å². The number of ether oxygens (including phenoxy) is 1. The zero-order valence-corrected chi connectivity index (χ0v) is 14.4. The second kappa shape index (κ2) is 7.27. The highest BCUT2D eigenvalue weighted by atomic mass is 32.1. The van der Waals surface area contributed by atoms with Gasteiger partial charge in [0, 0.05) is 16.6 Å². The molecular weight excluding hydrogens is 320 g/mol. The molecule has 0 saturated heterocycles. The molecule has 2 aromatic carbocycles. The van der Waals surface area contributed by atoms with E-state index in [9.17, 15) is 4.79 Å². The summed E-state index contributed by atoms with van der Waals surface area (Å²) in [5.41, 5.74) is 3.68. The van der Waals surface area contributed by atoms with E-state index in [-0.39, 0.29) is 12.3 Å². The summed E-state index contributed by atoms with van der Waals surface area (Å²) in [4.78, 5) is 16.8. The van der Waals surface area contributed by atoms with Crippen molar-refractivity contribution in [2.75, 3.05) is 12.4 Å². The van der Waals surface area contributed by atoms with Gasteiger partial charge in [0.15, 0.2) is 0 Å². The van der Waals surface area contributed by atoms with E-state index >= 15 is 0 Å². The van der Waals surface area contributed by atoms with Crippen molar-refractivity contribution < 1.29 is 9.53 Å². The predicted octanol–water partition coefficient (Wildman–Crippen LogP) is 4.31. The third kappa shape index (κ3) is 3.81. The largest absolute Gasteiger partial charge is 0.496 e. The molecule has 1 N–H and O–H groups in total. The third-order valence-corrected chi connectivity index (χ3v) is 4.40. The molecule has 0 bridgehead atoms. The number of hydrogen-bond donors (Lipinski definition) is 1. The van der Waals surface area contributed by atoms with Crippen LogP contribution in [0.15, 0.2) is 53.9 Å². The maximum absolute atomic E-state index is 12.2. The van der Waals surface area contributed by atoms with Gasteiger partial charge in [-0.2, -0.15) is 0 Å². The predicted molar refractivity (Wildman–Crippen MR) is 97.6 cm³/mol. The fraction of sp³-hybridized carbons (Fsp3) is 0.158. The van der Waals surface area contributed by atoms with E-state index in [0.717, 1.165) is 33.3 Å². The first-order chi connectivity index (χ1) is 11.7. The molecule has 1 aromatic heterocycles. The van der Waals surface area contributed by atoms with Crippen LogP contribution in [0.3, 0.4) is 0 Å². The van der Waals surface area contributed by atoms with Crippen molar-refractivity contribution in [1.29, 1.82) is 0 Å². The van der Waals surface area contributed by atoms with Gasteiger partial charge in [0.1, 0.15) is 10.8 Å². The molecule has 0 atom stereocenters. The maximum Gasteiger partial charge on any atom is 0.231 e. The number of aromatic nitrogens is 1. The van der Waals surface area contributed by atoms with Crippen LogP contribution >= 0.6 is 11.3 Å². The molecule has 0 radical (unpaired) electrons. The summed E-state index contributed by atoms with van der Waals surface area (Å²) in [5, 5.41) is 5.64. The molecule has 1 heterocycles. The van der Waals surface area contributed by atoms with E-state index in [2.05, 4.69) is 10.3 Å². The molecule has 0 unspecified atom stereocenters. The second-order valence-electron chi connectivity index (χ2n) is 5.42. The minimum atomic E-state index is -0.0680. The Morgan fingerprint density at radius 1 is 1.21 bits per heavy atom. The van der Waals surface area contributed by atoms with Crippen molar-refractivity contribution >= 4 is 22.9 Å². The molecule has 5 heteroatoms. The zero-order chi connectivity index (χ0) is 16.9. The van der Waals surface area contributed by atoms with Crippen LogP contribution in [-0.2, 0) is 11.2 Å². The summed E-state index contributed by atoms with van der Waals surface area (Å²) in [6.07, 6.45) is 0.258. The second-order valence-corrected chi connectivity index (χ2v) is 6.36. The van der Waals surface area contributed by atoms with Gasteiger partial charge in [0.05, 0.1) is 19.2 Å². The van der Waals surface area contributed by atoms with Gasteiger partial charge >= 0.3 is 0 Å². The number of anilines is 1. The lowest BCUT2D eigenvalue weighted by Crippen LogP contribution is -2.14. The first-order valence-electron chi connectivity index (χ1n) is 7.60. The number of nitrogens with zero attached hydrogens (tertiary/aromatic N) is 1. The third-order valence-electron chi connectivity index (χ3n) is 3.55. The number of thiazole rings is 1. The van der Waals surface area contributed by atoms with Gasteiger partial charge in [-0.15, -0.1) is 11.3 Å². The van der Waals surface area contributed by atoms with Crippen LogP contribution in [0.2, 0.25) is 0 Å². The van der Waals surface area contributed by atoms with Crippen molar-refractivity contribution in [3.8, 4) is 17.0 Å². The smallest absolute Gasteiger partial charge is 0.231 e. The summed E-state index contributed by atoms with van der Waals surface area (Å²) in [7, 11) is 1.64. The number of hydrogen-bond acceptors (Lipinski definition) is 4. The SMILES string of the molecule is COc1ccccc1-c1csc(CC(=O)Nc2cccc(C)c2)n1. The highest BCUT2D eigenvalue weighted by Gasteiger charge is 2.12. The van der Waals surface area contributed by atoms with Gasteiger partial charge in [-0.25, -0.2) is 4.98 Å². The van der Waals surface area contributed by atoms with Crippen LogP contribution in [0.1, 0.15) is 10.6 Å². The minimum Gasteiger partial charge on any atom is -0.496 e. The summed E-state index contributed by atoms with van der Waals surface area (Å²) < 4.78 is 5.37. The van der Waals surface area contributed by atoms with Gasteiger partial charge in [-0.05, 0) is 36.8 Å². The molecule has 3 aromatic rings. The Kier molecular flexibility index (Phi) is 4.91. The molecule has 3 rings (SSSR count). The standard InChI is InChI=1S/C19H18N2O2S/c1-13-6-5-7-14(10-13)20-18(22)11-19-21-16(12-24-19)15-8-3-4-9-17(15)23-2/h3-10,12H,11H2,1-2H3,(H,20,22). The highest BCUT2D eigenvalue weighted by Crippen LogP contribution is 2.30. The van der Waals surface area contributed by atoms with Crippen molar-refractivity contribution in [2.45, 2.75) is 13.3 Å².